The van der Waals surface area contributed by atoms with Gasteiger partial charge in [0.05, 0.1) is 11.0 Å². The largest absolute Gasteiger partial charge is 0.319 e. The van der Waals surface area contributed by atoms with E-state index in [0.29, 0.717) is 6.54 Å². The fourth-order valence-electron chi connectivity index (χ4n) is 2.19. The first-order chi connectivity index (χ1) is 11.4. The number of nitro groups is 1. The third-order valence-corrected chi connectivity index (χ3v) is 3.74. The molecule has 24 heavy (non-hydrogen) atoms. The summed E-state index contributed by atoms with van der Waals surface area (Å²) in [7, 11) is 1.76. The zero-order valence-corrected chi connectivity index (χ0v) is 13.4. The molecule has 2 aromatic rings. The molecule has 0 aromatic heterocycles. The van der Waals surface area contributed by atoms with Crippen molar-refractivity contribution in [1.82, 2.24) is 4.90 Å². The average molecular weight is 331 g/mol. The monoisotopic (exact) mass is 331 g/mol. The van der Waals surface area contributed by atoms with Gasteiger partial charge < -0.3 is 5.32 Å². The molecule has 0 aliphatic rings. The number of halogens is 1. The van der Waals surface area contributed by atoms with Gasteiger partial charge in [-0.1, -0.05) is 24.3 Å². The van der Waals surface area contributed by atoms with Gasteiger partial charge in [0.25, 0.3) is 5.69 Å². The molecule has 0 aliphatic carbocycles. The summed E-state index contributed by atoms with van der Waals surface area (Å²) in [5, 5.41) is 13.6. The molecule has 2 aromatic carbocycles. The van der Waals surface area contributed by atoms with E-state index < -0.39 is 11.0 Å². The van der Waals surface area contributed by atoms with Crippen molar-refractivity contribution in [2.75, 3.05) is 12.4 Å². The van der Waals surface area contributed by atoms with E-state index in [9.17, 15) is 19.3 Å². The standard InChI is InChI=1S/C17H18FN3O3/c1-12(20(2)11-13-7-9-14(18)10-8-13)17(22)19-15-5-3-4-6-16(15)21(23)24/h3-10,12H,11H2,1-2H3,(H,19,22). The number of benzene rings is 2. The molecule has 0 bridgehead atoms. The zero-order chi connectivity index (χ0) is 17.7. The van der Waals surface area contributed by atoms with Crippen molar-refractivity contribution in [3.05, 3.63) is 70.0 Å². The number of carbonyl (C=O) groups excluding carboxylic acids is 1. The number of anilines is 1. The molecule has 0 spiro atoms. The highest BCUT2D eigenvalue weighted by molar-refractivity contribution is 5.96. The van der Waals surface area contributed by atoms with Crippen LogP contribution in [-0.2, 0) is 11.3 Å². The van der Waals surface area contributed by atoms with Gasteiger partial charge in [0.1, 0.15) is 11.5 Å². The lowest BCUT2D eigenvalue weighted by molar-refractivity contribution is -0.383. The van der Waals surface area contributed by atoms with Crippen molar-refractivity contribution in [2.45, 2.75) is 19.5 Å². The topological polar surface area (TPSA) is 75.5 Å². The first-order valence-electron chi connectivity index (χ1n) is 7.37. The van der Waals surface area contributed by atoms with Gasteiger partial charge in [-0.2, -0.15) is 0 Å². The summed E-state index contributed by atoms with van der Waals surface area (Å²) in [5.41, 5.74) is 0.873. The van der Waals surface area contributed by atoms with E-state index in [-0.39, 0.29) is 23.1 Å². The molecule has 0 aliphatic heterocycles. The predicted octanol–water partition coefficient (Wildman–Crippen LogP) is 3.19. The van der Waals surface area contributed by atoms with E-state index in [2.05, 4.69) is 5.32 Å². The smallest absolute Gasteiger partial charge is 0.292 e. The van der Waals surface area contributed by atoms with E-state index in [1.165, 1.54) is 30.3 Å². The van der Waals surface area contributed by atoms with E-state index >= 15 is 0 Å². The molecule has 0 fully saturated rings. The van der Waals surface area contributed by atoms with Crippen molar-refractivity contribution < 1.29 is 14.1 Å². The summed E-state index contributed by atoms with van der Waals surface area (Å²) in [5.74, 6) is -0.669. The number of nitro benzene ring substituents is 1. The van der Waals surface area contributed by atoms with Crippen molar-refractivity contribution in [3.8, 4) is 0 Å². The summed E-state index contributed by atoms with van der Waals surface area (Å²) >= 11 is 0. The molecule has 0 heterocycles. The van der Waals surface area contributed by atoms with Crippen LogP contribution in [0.15, 0.2) is 48.5 Å². The van der Waals surface area contributed by atoms with Crippen molar-refractivity contribution in [3.63, 3.8) is 0 Å². The van der Waals surface area contributed by atoms with Crippen LogP contribution >= 0.6 is 0 Å². The molecule has 1 unspecified atom stereocenters. The van der Waals surface area contributed by atoms with Crippen molar-refractivity contribution in [1.29, 1.82) is 0 Å². The number of hydrogen-bond donors (Lipinski definition) is 1. The molecule has 6 nitrogen and oxygen atoms in total. The lowest BCUT2D eigenvalue weighted by Gasteiger charge is -2.23. The van der Waals surface area contributed by atoms with Gasteiger partial charge in [0, 0.05) is 12.6 Å². The van der Waals surface area contributed by atoms with Crippen LogP contribution in [0.1, 0.15) is 12.5 Å². The van der Waals surface area contributed by atoms with Crippen molar-refractivity contribution >= 4 is 17.3 Å². The highest BCUT2D eigenvalue weighted by atomic mass is 19.1. The third kappa shape index (κ3) is 4.36. The summed E-state index contributed by atoms with van der Waals surface area (Å²) in [6.45, 7) is 2.15. The van der Waals surface area contributed by atoms with Crippen LogP contribution in [0.2, 0.25) is 0 Å². The number of para-hydroxylation sites is 2. The maximum atomic E-state index is 12.9. The first-order valence-corrected chi connectivity index (χ1v) is 7.37. The average Bonchev–Trinajstić information content (AvgIpc) is 2.56. The molecule has 2 rings (SSSR count). The van der Waals surface area contributed by atoms with Gasteiger partial charge in [-0.05, 0) is 37.7 Å². The second-order valence-electron chi connectivity index (χ2n) is 5.48. The summed E-state index contributed by atoms with van der Waals surface area (Å²) < 4.78 is 12.9. The first kappa shape index (κ1) is 17.6. The summed E-state index contributed by atoms with van der Waals surface area (Å²) in [6.07, 6.45) is 0. The molecule has 126 valence electrons. The summed E-state index contributed by atoms with van der Waals surface area (Å²) in [4.78, 5) is 24.6. The number of likely N-dealkylation sites (N-methyl/N-ethyl adjacent to an activating group) is 1. The Morgan fingerprint density at radius 2 is 1.88 bits per heavy atom. The normalized spacial score (nSPS) is 12.0. The van der Waals surface area contributed by atoms with Gasteiger partial charge in [0.15, 0.2) is 0 Å². The number of hydrogen-bond acceptors (Lipinski definition) is 4. The Bertz CT molecular complexity index is 734. The van der Waals surface area contributed by atoms with Crippen LogP contribution in [0.25, 0.3) is 0 Å². The Hall–Kier alpha value is -2.80. The molecule has 1 N–H and O–H groups in total. The Labute approximate surface area is 139 Å². The van der Waals surface area contributed by atoms with E-state index in [0.717, 1.165) is 5.56 Å². The number of carbonyl (C=O) groups is 1. The second-order valence-corrected chi connectivity index (χ2v) is 5.48. The van der Waals surface area contributed by atoms with Gasteiger partial charge in [0.2, 0.25) is 5.91 Å². The maximum absolute atomic E-state index is 12.9. The molecule has 7 heteroatoms. The molecular formula is C17H18FN3O3. The predicted molar refractivity (Wildman–Crippen MR) is 89.1 cm³/mol. The van der Waals surface area contributed by atoms with Crippen LogP contribution < -0.4 is 5.32 Å². The van der Waals surface area contributed by atoms with Crippen LogP contribution in [0, 0.1) is 15.9 Å². The van der Waals surface area contributed by atoms with Crippen LogP contribution in [0.5, 0.6) is 0 Å². The SMILES string of the molecule is CC(C(=O)Nc1ccccc1[N+](=O)[O-])N(C)Cc1ccc(F)cc1. The fourth-order valence-corrected chi connectivity index (χ4v) is 2.19. The molecule has 0 saturated carbocycles. The van der Waals surface area contributed by atoms with Gasteiger partial charge >= 0.3 is 0 Å². The van der Waals surface area contributed by atoms with Gasteiger partial charge in [-0.25, -0.2) is 4.39 Å². The minimum absolute atomic E-state index is 0.153. The second kappa shape index (κ2) is 7.65. The molecule has 0 saturated heterocycles. The number of rotatable bonds is 6. The Balaban J connectivity index is 2.04. The fraction of sp³-hybridized carbons (Fsp3) is 0.235. The molecule has 1 amide bonds. The van der Waals surface area contributed by atoms with E-state index in [1.54, 1.807) is 37.1 Å². The van der Waals surface area contributed by atoms with Crippen molar-refractivity contribution in [2.24, 2.45) is 0 Å². The minimum atomic E-state index is -0.539. The highest BCUT2D eigenvalue weighted by Gasteiger charge is 2.21. The minimum Gasteiger partial charge on any atom is -0.319 e. The lowest BCUT2D eigenvalue weighted by atomic mass is 10.1. The molecule has 0 radical (unpaired) electrons. The highest BCUT2D eigenvalue weighted by Crippen LogP contribution is 2.23. The van der Waals surface area contributed by atoms with E-state index in [1.807, 2.05) is 0 Å². The summed E-state index contributed by atoms with van der Waals surface area (Å²) in [6, 6.07) is 11.5. The lowest BCUT2D eigenvalue weighted by Crippen LogP contribution is -2.39. The van der Waals surface area contributed by atoms with Crippen LogP contribution in [-0.4, -0.2) is 28.8 Å². The van der Waals surface area contributed by atoms with Gasteiger partial charge in [-0.3, -0.25) is 19.8 Å². The Kier molecular flexibility index (Phi) is 5.59. The quantitative estimate of drug-likeness (QED) is 0.651. The number of amides is 1. The maximum Gasteiger partial charge on any atom is 0.292 e. The molecule has 1 atom stereocenters. The Morgan fingerprint density at radius 1 is 1.25 bits per heavy atom. The number of nitrogens with zero attached hydrogens (tertiary/aromatic N) is 2. The third-order valence-electron chi connectivity index (χ3n) is 3.74. The van der Waals surface area contributed by atoms with Crippen LogP contribution in [0.4, 0.5) is 15.8 Å². The zero-order valence-electron chi connectivity index (χ0n) is 13.4. The van der Waals surface area contributed by atoms with E-state index in [4.69, 9.17) is 0 Å². The Morgan fingerprint density at radius 3 is 2.50 bits per heavy atom. The van der Waals surface area contributed by atoms with Crippen LogP contribution in [0.3, 0.4) is 0 Å². The number of nitrogens with one attached hydrogen (secondary N) is 1. The van der Waals surface area contributed by atoms with Gasteiger partial charge in [-0.15, -0.1) is 0 Å². The molecular weight excluding hydrogens is 313 g/mol.